The number of aliphatic hydroxyl groups is 1. The molecular weight excluding hydrogens is 246 g/mol. The molecule has 2 atom stereocenters. The van der Waals surface area contributed by atoms with Gasteiger partial charge in [-0.2, -0.15) is 0 Å². The lowest BCUT2D eigenvalue weighted by Crippen LogP contribution is -2.25. The van der Waals surface area contributed by atoms with Crippen LogP contribution < -0.4 is 11.1 Å². The average Bonchev–Trinajstić information content (AvgIpc) is 2.83. The van der Waals surface area contributed by atoms with E-state index in [0.29, 0.717) is 11.7 Å². The van der Waals surface area contributed by atoms with E-state index < -0.39 is 6.10 Å². The first-order valence-corrected chi connectivity index (χ1v) is 6.55. The fourth-order valence-electron chi connectivity index (χ4n) is 1.61. The molecule has 5 heteroatoms. The summed E-state index contributed by atoms with van der Waals surface area (Å²) < 4.78 is 0. The number of anilines is 1. The van der Waals surface area contributed by atoms with Gasteiger partial charge in [0.1, 0.15) is 0 Å². The summed E-state index contributed by atoms with van der Waals surface area (Å²) in [4.78, 5) is 4.15. The quantitative estimate of drug-likeness (QED) is 0.770. The second-order valence-electron chi connectivity index (χ2n) is 4.00. The molecule has 2 unspecified atom stereocenters. The van der Waals surface area contributed by atoms with Gasteiger partial charge < -0.3 is 16.2 Å². The number of nitrogens with zero attached hydrogens (tertiary/aromatic N) is 1. The summed E-state index contributed by atoms with van der Waals surface area (Å²) in [6.07, 6.45) is -0.550. The van der Waals surface area contributed by atoms with Gasteiger partial charge in [-0.1, -0.05) is 30.3 Å². The van der Waals surface area contributed by atoms with E-state index in [1.165, 1.54) is 11.3 Å². The molecule has 0 aliphatic carbocycles. The van der Waals surface area contributed by atoms with Crippen LogP contribution in [-0.2, 0) is 0 Å². The van der Waals surface area contributed by atoms with Crippen molar-refractivity contribution in [2.45, 2.75) is 12.1 Å². The molecule has 1 radical (unpaired) electrons. The zero-order valence-electron chi connectivity index (χ0n) is 9.91. The van der Waals surface area contributed by atoms with Crippen molar-refractivity contribution in [3.8, 4) is 0 Å². The second kappa shape index (κ2) is 5.95. The molecule has 18 heavy (non-hydrogen) atoms. The molecule has 1 aromatic heterocycles. The van der Waals surface area contributed by atoms with E-state index in [2.05, 4.69) is 17.2 Å². The number of nitrogen functional groups attached to an aromatic ring is 1. The van der Waals surface area contributed by atoms with Crippen LogP contribution in [0.1, 0.15) is 23.4 Å². The fraction of sp³-hybridized carbons (Fsp3) is 0.231. The summed E-state index contributed by atoms with van der Waals surface area (Å²) in [6.45, 7) is 4.38. The minimum Gasteiger partial charge on any atom is -0.387 e. The molecule has 2 aromatic rings. The van der Waals surface area contributed by atoms with E-state index in [-0.39, 0.29) is 6.04 Å². The van der Waals surface area contributed by atoms with Gasteiger partial charge in [0.15, 0.2) is 5.13 Å². The Morgan fingerprint density at radius 1 is 1.39 bits per heavy atom. The number of benzene rings is 1. The van der Waals surface area contributed by atoms with Crippen molar-refractivity contribution in [3.63, 3.8) is 0 Å². The van der Waals surface area contributed by atoms with Gasteiger partial charge in [0, 0.05) is 11.9 Å². The van der Waals surface area contributed by atoms with Crippen LogP contribution in [0.2, 0.25) is 0 Å². The van der Waals surface area contributed by atoms with Crippen molar-refractivity contribution in [1.29, 1.82) is 0 Å². The molecule has 0 fully saturated rings. The van der Waals surface area contributed by atoms with Crippen LogP contribution in [0.25, 0.3) is 0 Å². The Kier molecular flexibility index (Phi) is 4.30. The maximum Gasteiger partial charge on any atom is 0.180 e. The summed E-state index contributed by atoms with van der Waals surface area (Å²) in [5.74, 6) is 0. The summed E-state index contributed by atoms with van der Waals surface area (Å²) in [5.41, 5.74) is 7.25. The molecule has 4 N–H and O–H groups in total. The van der Waals surface area contributed by atoms with E-state index in [1.807, 2.05) is 35.7 Å². The molecule has 0 saturated heterocycles. The number of nitrogens with two attached hydrogens (primary N) is 1. The SMILES string of the molecule is [CH2]C(NCC(O)c1ccccc1)c1csc(N)n1. The number of rotatable bonds is 5. The Hall–Kier alpha value is -1.43. The van der Waals surface area contributed by atoms with Crippen molar-refractivity contribution in [2.24, 2.45) is 0 Å². The molecular formula is C13H16N3OS. The van der Waals surface area contributed by atoms with Gasteiger partial charge in [0.25, 0.3) is 0 Å². The standard InChI is InChI=1S/C13H16N3OS/c1-9(11-8-18-13(14)16-11)15-7-12(17)10-5-3-2-4-6-10/h2-6,8-9,12,15,17H,1,7H2,(H2,14,16). The number of hydrogen-bond donors (Lipinski definition) is 3. The smallest absolute Gasteiger partial charge is 0.180 e. The largest absolute Gasteiger partial charge is 0.387 e. The maximum absolute atomic E-state index is 9.99. The number of hydrogen-bond acceptors (Lipinski definition) is 5. The van der Waals surface area contributed by atoms with Crippen LogP contribution >= 0.6 is 11.3 Å². The van der Waals surface area contributed by atoms with Gasteiger partial charge in [0.05, 0.1) is 17.8 Å². The molecule has 0 aliphatic rings. The van der Waals surface area contributed by atoms with E-state index in [9.17, 15) is 5.11 Å². The molecule has 1 aromatic carbocycles. The molecule has 0 bridgehead atoms. The molecule has 4 nitrogen and oxygen atoms in total. The van der Waals surface area contributed by atoms with Gasteiger partial charge in [-0.25, -0.2) is 4.98 Å². The van der Waals surface area contributed by atoms with Crippen LogP contribution in [0.4, 0.5) is 5.13 Å². The maximum atomic E-state index is 9.99. The molecule has 0 saturated carbocycles. The fourth-order valence-corrected chi connectivity index (χ4v) is 2.23. The Morgan fingerprint density at radius 3 is 2.72 bits per heavy atom. The van der Waals surface area contributed by atoms with Crippen molar-refractivity contribution in [2.75, 3.05) is 12.3 Å². The highest BCUT2D eigenvalue weighted by molar-refractivity contribution is 7.13. The average molecular weight is 262 g/mol. The normalized spacial score (nSPS) is 14.3. The molecule has 1 heterocycles. The summed E-state index contributed by atoms with van der Waals surface area (Å²) in [7, 11) is 0. The van der Waals surface area contributed by atoms with Gasteiger partial charge >= 0.3 is 0 Å². The first-order chi connectivity index (χ1) is 8.66. The first-order valence-electron chi connectivity index (χ1n) is 5.67. The van der Waals surface area contributed by atoms with Crippen molar-refractivity contribution < 1.29 is 5.11 Å². The van der Waals surface area contributed by atoms with Gasteiger partial charge in [-0.15, -0.1) is 11.3 Å². The Bertz CT molecular complexity index is 486. The monoisotopic (exact) mass is 262 g/mol. The highest BCUT2D eigenvalue weighted by Crippen LogP contribution is 2.18. The molecule has 0 amide bonds. The third-order valence-electron chi connectivity index (χ3n) is 2.64. The van der Waals surface area contributed by atoms with Gasteiger partial charge in [-0.3, -0.25) is 0 Å². The Labute approximate surface area is 110 Å². The lowest BCUT2D eigenvalue weighted by molar-refractivity contribution is 0.172. The van der Waals surface area contributed by atoms with Crippen LogP contribution in [-0.4, -0.2) is 16.6 Å². The Balaban J connectivity index is 1.88. The zero-order valence-corrected chi connectivity index (χ0v) is 10.7. The lowest BCUT2D eigenvalue weighted by atomic mass is 10.1. The van der Waals surface area contributed by atoms with Crippen molar-refractivity contribution in [3.05, 3.63) is 53.9 Å². The second-order valence-corrected chi connectivity index (χ2v) is 4.89. The van der Waals surface area contributed by atoms with Crippen LogP contribution in [0.5, 0.6) is 0 Å². The lowest BCUT2D eigenvalue weighted by Gasteiger charge is -2.15. The van der Waals surface area contributed by atoms with Crippen LogP contribution in [0.3, 0.4) is 0 Å². The topological polar surface area (TPSA) is 71.2 Å². The third-order valence-corrected chi connectivity index (χ3v) is 3.33. The van der Waals surface area contributed by atoms with E-state index >= 15 is 0 Å². The summed E-state index contributed by atoms with van der Waals surface area (Å²) >= 11 is 1.39. The van der Waals surface area contributed by atoms with Gasteiger partial charge in [0.2, 0.25) is 0 Å². The molecule has 0 spiro atoms. The van der Waals surface area contributed by atoms with E-state index in [1.54, 1.807) is 0 Å². The summed E-state index contributed by atoms with van der Waals surface area (Å²) in [5, 5.41) is 15.5. The zero-order chi connectivity index (χ0) is 13.0. The minimum absolute atomic E-state index is 0.170. The predicted octanol–water partition coefficient (Wildman–Crippen LogP) is 1.92. The van der Waals surface area contributed by atoms with E-state index in [0.717, 1.165) is 11.3 Å². The highest BCUT2D eigenvalue weighted by Gasteiger charge is 2.12. The predicted molar refractivity (Wildman–Crippen MR) is 74.0 cm³/mol. The molecule has 95 valence electrons. The highest BCUT2D eigenvalue weighted by atomic mass is 32.1. The molecule has 2 rings (SSSR count). The summed E-state index contributed by atoms with van der Waals surface area (Å²) in [6, 6.07) is 9.35. The minimum atomic E-state index is -0.550. The Morgan fingerprint density at radius 2 is 2.11 bits per heavy atom. The van der Waals surface area contributed by atoms with Crippen molar-refractivity contribution in [1.82, 2.24) is 10.3 Å². The molecule has 0 aliphatic heterocycles. The number of aromatic nitrogens is 1. The number of thiazole rings is 1. The first kappa shape index (κ1) is 13.0. The van der Waals surface area contributed by atoms with E-state index in [4.69, 9.17) is 5.73 Å². The third kappa shape index (κ3) is 3.29. The number of aliphatic hydroxyl groups excluding tert-OH is 1. The van der Waals surface area contributed by atoms with Gasteiger partial charge in [-0.05, 0) is 12.5 Å². The van der Waals surface area contributed by atoms with Crippen molar-refractivity contribution >= 4 is 16.5 Å². The van der Waals surface area contributed by atoms with Crippen LogP contribution in [0.15, 0.2) is 35.7 Å². The van der Waals surface area contributed by atoms with Crippen LogP contribution in [0, 0.1) is 6.92 Å². The number of nitrogens with one attached hydrogen (secondary N) is 1.